The van der Waals surface area contributed by atoms with Crippen molar-refractivity contribution in [2.24, 2.45) is 11.8 Å². The van der Waals surface area contributed by atoms with Crippen LogP contribution < -0.4 is 5.32 Å². The van der Waals surface area contributed by atoms with Crippen molar-refractivity contribution in [3.8, 4) is 5.69 Å². The monoisotopic (exact) mass is 518 g/mol. The molecule has 2 aromatic rings. The van der Waals surface area contributed by atoms with Gasteiger partial charge in [0.2, 0.25) is 0 Å². The van der Waals surface area contributed by atoms with E-state index in [-0.39, 0.29) is 34.5 Å². The molecule has 3 saturated carbocycles. The number of ketones is 1. The maximum atomic E-state index is 14.0. The van der Waals surface area contributed by atoms with E-state index >= 15 is 0 Å². The second kappa shape index (κ2) is 9.69. The number of Topliss-reactive ketones (excluding diaryl/α,β-unsaturated/α-hetero) is 1. The molecule has 6 heteroatoms. The van der Waals surface area contributed by atoms with Gasteiger partial charge in [-0.3, -0.25) is 14.4 Å². The predicted octanol–water partition coefficient (Wildman–Crippen LogP) is 6.49. The van der Waals surface area contributed by atoms with Crippen molar-refractivity contribution in [1.82, 2.24) is 9.88 Å². The first-order valence-electron chi connectivity index (χ1n) is 14.3. The van der Waals surface area contributed by atoms with Crippen LogP contribution in [0.2, 0.25) is 0 Å². The van der Waals surface area contributed by atoms with Gasteiger partial charge in [-0.2, -0.15) is 0 Å². The Hall–Kier alpha value is -2.89. The third kappa shape index (κ3) is 5.06. The molecule has 0 unspecified atom stereocenters. The molecule has 204 valence electrons. The molecule has 3 fully saturated rings. The zero-order chi connectivity index (χ0) is 27.4. The van der Waals surface area contributed by atoms with Crippen LogP contribution in [-0.4, -0.2) is 33.4 Å². The summed E-state index contributed by atoms with van der Waals surface area (Å²) in [5.74, 6) is -1.31. The number of aromatic nitrogens is 1. The third-order valence-electron chi connectivity index (χ3n) is 9.29. The van der Waals surface area contributed by atoms with E-state index in [1.807, 2.05) is 17.7 Å². The normalized spacial score (nSPS) is 23.0. The van der Waals surface area contributed by atoms with E-state index in [0.29, 0.717) is 29.7 Å². The van der Waals surface area contributed by atoms with E-state index in [0.717, 1.165) is 44.2 Å². The highest BCUT2D eigenvalue weighted by Crippen LogP contribution is 2.49. The van der Waals surface area contributed by atoms with Gasteiger partial charge in [-0.25, -0.2) is 0 Å². The van der Waals surface area contributed by atoms with E-state index < -0.39 is 11.9 Å². The van der Waals surface area contributed by atoms with Crippen molar-refractivity contribution in [3.05, 3.63) is 52.3 Å². The molecule has 3 aliphatic rings. The van der Waals surface area contributed by atoms with Crippen molar-refractivity contribution in [2.75, 3.05) is 0 Å². The highest BCUT2D eigenvalue weighted by atomic mass is 16.4. The maximum Gasteiger partial charge on any atom is 0.306 e. The van der Waals surface area contributed by atoms with Crippen LogP contribution in [0.25, 0.3) is 5.69 Å². The minimum atomic E-state index is -0.808. The fourth-order valence-corrected chi connectivity index (χ4v) is 6.10. The fourth-order valence-electron chi connectivity index (χ4n) is 6.10. The molecule has 6 nitrogen and oxygen atoms in total. The SMILES string of the molecule is Cc1c(C(=O)NC2CC(C(=O)O)C2)cn(-c2cc(C(C)(C)C)cc(C3(C)CC3)c2)c1C(=O)C1CCCCC1. The molecular weight excluding hydrogens is 476 g/mol. The Balaban J connectivity index is 1.57. The van der Waals surface area contributed by atoms with Gasteiger partial charge in [0.15, 0.2) is 5.78 Å². The van der Waals surface area contributed by atoms with Gasteiger partial charge in [0.1, 0.15) is 0 Å². The molecule has 0 saturated heterocycles. The molecule has 5 rings (SSSR count). The quantitative estimate of drug-likeness (QED) is 0.410. The molecule has 38 heavy (non-hydrogen) atoms. The average molecular weight is 519 g/mol. The molecule has 2 N–H and O–H groups in total. The molecule has 0 bridgehead atoms. The number of carbonyl (C=O) groups is 3. The zero-order valence-electron chi connectivity index (χ0n) is 23.5. The first kappa shape index (κ1) is 26.7. The number of hydrogen-bond acceptors (Lipinski definition) is 3. The highest BCUT2D eigenvalue weighted by Gasteiger charge is 2.40. The smallest absolute Gasteiger partial charge is 0.306 e. The second-order valence-corrected chi connectivity index (χ2v) is 13.3. The predicted molar refractivity (Wildman–Crippen MR) is 148 cm³/mol. The minimum Gasteiger partial charge on any atom is -0.481 e. The lowest BCUT2D eigenvalue weighted by atomic mass is 9.80. The molecule has 1 heterocycles. The van der Waals surface area contributed by atoms with E-state index in [4.69, 9.17) is 0 Å². The van der Waals surface area contributed by atoms with Gasteiger partial charge < -0.3 is 15.0 Å². The lowest BCUT2D eigenvalue weighted by molar-refractivity contribution is -0.145. The summed E-state index contributed by atoms with van der Waals surface area (Å²) < 4.78 is 1.98. The summed E-state index contributed by atoms with van der Waals surface area (Å²) in [6.07, 6.45) is 10.2. The lowest BCUT2D eigenvalue weighted by Crippen LogP contribution is -2.46. The zero-order valence-corrected chi connectivity index (χ0v) is 23.5. The van der Waals surface area contributed by atoms with Crippen molar-refractivity contribution in [2.45, 2.75) is 109 Å². The Morgan fingerprint density at radius 3 is 2.24 bits per heavy atom. The third-order valence-corrected chi connectivity index (χ3v) is 9.29. The molecule has 0 atom stereocenters. The number of carbonyl (C=O) groups excluding carboxylic acids is 2. The molecule has 0 spiro atoms. The van der Waals surface area contributed by atoms with Crippen molar-refractivity contribution < 1.29 is 19.5 Å². The minimum absolute atomic E-state index is 0.0128. The van der Waals surface area contributed by atoms with Crippen LogP contribution in [0, 0.1) is 18.8 Å². The van der Waals surface area contributed by atoms with Crippen LogP contribution in [0.5, 0.6) is 0 Å². The van der Waals surface area contributed by atoms with E-state index in [2.05, 4.69) is 51.2 Å². The molecule has 0 radical (unpaired) electrons. The first-order valence-corrected chi connectivity index (χ1v) is 14.3. The summed E-state index contributed by atoms with van der Waals surface area (Å²) in [6, 6.07) is 6.56. The molecule has 1 aromatic heterocycles. The second-order valence-electron chi connectivity index (χ2n) is 13.3. The van der Waals surface area contributed by atoms with E-state index in [1.165, 1.54) is 17.5 Å². The van der Waals surface area contributed by atoms with Crippen molar-refractivity contribution in [3.63, 3.8) is 0 Å². The van der Waals surface area contributed by atoms with Gasteiger partial charge in [0.25, 0.3) is 5.91 Å². The van der Waals surface area contributed by atoms with Gasteiger partial charge >= 0.3 is 5.97 Å². The fraction of sp³-hybridized carbons (Fsp3) is 0.594. The number of amides is 1. The van der Waals surface area contributed by atoms with Crippen LogP contribution in [0.15, 0.2) is 24.4 Å². The summed E-state index contributed by atoms with van der Waals surface area (Å²) >= 11 is 0. The molecule has 3 aliphatic carbocycles. The number of aliphatic carboxylic acids is 1. The summed E-state index contributed by atoms with van der Waals surface area (Å²) in [5, 5.41) is 12.2. The summed E-state index contributed by atoms with van der Waals surface area (Å²) in [7, 11) is 0. The van der Waals surface area contributed by atoms with Crippen LogP contribution >= 0.6 is 0 Å². The Morgan fingerprint density at radius 2 is 1.66 bits per heavy atom. The number of nitrogens with one attached hydrogen (secondary N) is 1. The maximum absolute atomic E-state index is 14.0. The average Bonchev–Trinajstić information content (AvgIpc) is 3.51. The number of benzene rings is 1. The molecule has 0 aliphatic heterocycles. The van der Waals surface area contributed by atoms with Crippen LogP contribution in [0.3, 0.4) is 0 Å². The number of rotatable bonds is 7. The van der Waals surface area contributed by atoms with Gasteiger partial charge in [-0.15, -0.1) is 0 Å². The van der Waals surface area contributed by atoms with E-state index in [1.54, 1.807) is 0 Å². The van der Waals surface area contributed by atoms with Crippen molar-refractivity contribution >= 4 is 17.7 Å². The standard InChI is InChI=1S/C32H42N2O4/c1-19-26(29(36)33-24-13-21(14-24)30(37)38)18-34(27(19)28(35)20-9-7-6-8-10-20)25-16-22(31(2,3)4)15-23(17-25)32(5)11-12-32/h15-18,20-21,24H,6-14H2,1-5H3,(H,33,36)(H,37,38). The Labute approximate surface area is 226 Å². The van der Waals surface area contributed by atoms with Gasteiger partial charge in [-0.05, 0) is 85.1 Å². The Morgan fingerprint density at radius 1 is 1.00 bits per heavy atom. The molecular formula is C32H42N2O4. The van der Waals surface area contributed by atoms with Gasteiger partial charge in [-0.1, -0.05) is 53.0 Å². The summed E-state index contributed by atoms with van der Waals surface area (Å²) in [5.41, 5.74) is 5.40. The first-order chi connectivity index (χ1) is 17.9. The summed E-state index contributed by atoms with van der Waals surface area (Å²) in [4.78, 5) is 38.7. The van der Waals surface area contributed by atoms with Crippen LogP contribution in [0.1, 0.15) is 123 Å². The number of nitrogens with zero attached hydrogens (tertiary/aromatic N) is 1. The highest BCUT2D eigenvalue weighted by molar-refractivity contribution is 6.04. The lowest BCUT2D eigenvalue weighted by Gasteiger charge is -2.32. The molecule has 1 aromatic carbocycles. The largest absolute Gasteiger partial charge is 0.481 e. The number of carboxylic acid groups (broad SMARTS) is 1. The van der Waals surface area contributed by atoms with Crippen molar-refractivity contribution in [1.29, 1.82) is 0 Å². The van der Waals surface area contributed by atoms with E-state index in [9.17, 15) is 19.5 Å². The van der Waals surface area contributed by atoms with Crippen LogP contribution in [-0.2, 0) is 15.6 Å². The van der Waals surface area contributed by atoms with Gasteiger partial charge in [0, 0.05) is 23.8 Å². The molecule has 1 amide bonds. The Kier molecular flexibility index (Phi) is 6.81. The topological polar surface area (TPSA) is 88.4 Å². The van der Waals surface area contributed by atoms with Gasteiger partial charge in [0.05, 0.1) is 17.2 Å². The Bertz CT molecular complexity index is 1240. The summed E-state index contributed by atoms with van der Waals surface area (Å²) in [6.45, 7) is 10.8. The number of carboxylic acids is 1. The number of hydrogen-bond donors (Lipinski definition) is 2. The van der Waals surface area contributed by atoms with Crippen LogP contribution in [0.4, 0.5) is 0 Å².